The highest BCUT2D eigenvalue weighted by Crippen LogP contribution is 2.13. The Bertz CT molecular complexity index is 701. The highest BCUT2D eigenvalue weighted by Gasteiger charge is 2.11. The molecule has 5 nitrogen and oxygen atoms in total. The van der Waals surface area contributed by atoms with Crippen LogP contribution in [0.3, 0.4) is 0 Å². The molecule has 1 aliphatic heterocycles. The molecule has 1 aliphatic rings. The van der Waals surface area contributed by atoms with Gasteiger partial charge in [0.25, 0.3) is 0 Å². The van der Waals surface area contributed by atoms with Gasteiger partial charge in [0.2, 0.25) is 0 Å². The van der Waals surface area contributed by atoms with Crippen molar-refractivity contribution >= 4 is 17.3 Å². The summed E-state index contributed by atoms with van der Waals surface area (Å²) < 4.78 is 0. The van der Waals surface area contributed by atoms with E-state index in [1.165, 1.54) is 46.9 Å². The van der Waals surface area contributed by atoms with Crippen molar-refractivity contribution in [1.29, 1.82) is 0 Å². The molecule has 6 heteroatoms. The summed E-state index contributed by atoms with van der Waals surface area (Å²) in [6, 6.07) is 8.92. The number of thiazole rings is 1. The highest BCUT2D eigenvalue weighted by atomic mass is 32.1. The van der Waals surface area contributed by atoms with Crippen LogP contribution in [-0.4, -0.2) is 42.5 Å². The molecule has 1 fully saturated rings. The van der Waals surface area contributed by atoms with Gasteiger partial charge in [-0.05, 0) is 44.0 Å². The summed E-state index contributed by atoms with van der Waals surface area (Å²) in [6.07, 6.45) is 5.54. The molecular formula is C20H29N5S. The van der Waals surface area contributed by atoms with E-state index >= 15 is 0 Å². The summed E-state index contributed by atoms with van der Waals surface area (Å²) in [7, 11) is 1.81. The Morgan fingerprint density at radius 1 is 1.15 bits per heavy atom. The van der Waals surface area contributed by atoms with Crippen LogP contribution in [0, 0.1) is 6.92 Å². The van der Waals surface area contributed by atoms with E-state index in [9.17, 15) is 0 Å². The van der Waals surface area contributed by atoms with Crippen LogP contribution in [0.15, 0.2) is 35.5 Å². The minimum Gasteiger partial charge on any atom is -0.356 e. The summed E-state index contributed by atoms with van der Waals surface area (Å²) in [5.74, 6) is 0.833. The lowest BCUT2D eigenvalue weighted by atomic mass is 10.1. The fourth-order valence-corrected chi connectivity index (χ4v) is 3.96. The Balaban J connectivity index is 1.40. The molecule has 0 bridgehead atoms. The number of aromatic nitrogens is 1. The van der Waals surface area contributed by atoms with Gasteiger partial charge >= 0.3 is 0 Å². The van der Waals surface area contributed by atoms with E-state index in [4.69, 9.17) is 0 Å². The van der Waals surface area contributed by atoms with Crippen molar-refractivity contribution in [1.82, 2.24) is 20.5 Å². The molecule has 1 aromatic carbocycles. The second-order valence-electron chi connectivity index (χ2n) is 6.77. The van der Waals surface area contributed by atoms with Crippen molar-refractivity contribution in [2.45, 2.75) is 39.3 Å². The summed E-state index contributed by atoms with van der Waals surface area (Å²) in [5, 5.41) is 7.90. The van der Waals surface area contributed by atoms with Crippen LogP contribution in [0.5, 0.6) is 0 Å². The smallest absolute Gasteiger partial charge is 0.191 e. The lowest BCUT2D eigenvalue weighted by Gasteiger charge is -2.15. The van der Waals surface area contributed by atoms with E-state index in [2.05, 4.69) is 56.7 Å². The average Bonchev–Trinajstić information content (AvgIpc) is 3.31. The van der Waals surface area contributed by atoms with Crippen LogP contribution in [0.1, 0.15) is 33.9 Å². The molecule has 0 aliphatic carbocycles. The maximum atomic E-state index is 4.39. The van der Waals surface area contributed by atoms with Crippen molar-refractivity contribution in [3.63, 3.8) is 0 Å². The van der Waals surface area contributed by atoms with Gasteiger partial charge in [0, 0.05) is 44.2 Å². The Kier molecular flexibility index (Phi) is 7.03. The minimum absolute atomic E-state index is 0.778. The number of nitrogens with zero attached hydrogens (tertiary/aromatic N) is 3. The summed E-state index contributed by atoms with van der Waals surface area (Å²) in [4.78, 5) is 12.5. The lowest BCUT2D eigenvalue weighted by Crippen LogP contribution is -2.37. The van der Waals surface area contributed by atoms with Gasteiger partial charge in [-0.3, -0.25) is 9.89 Å². The van der Waals surface area contributed by atoms with Crippen LogP contribution in [0.4, 0.5) is 0 Å². The number of likely N-dealkylation sites (tertiary alicyclic amines) is 1. The third-order valence-electron chi connectivity index (χ3n) is 4.61. The van der Waals surface area contributed by atoms with Gasteiger partial charge < -0.3 is 10.6 Å². The lowest BCUT2D eigenvalue weighted by molar-refractivity contribution is 0.331. The van der Waals surface area contributed by atoms with Gasteiger partial charge in [-0.15, -0.1) is 11.3 Å². The molecular weight excluding hydrogens is 342 g/mol. The van der Waals surface area contributed by atoms with Gasteiger partial charge in [0.1, 0.15) is 0 Å². The largest absolute Gasteiger partial charge is 0.356 e. The fourth-order valence-electron chi connectivity index (χ4n) is 3.17. The standard InChI is InChI=1S/C20H29N5S/c1-16-13-23-19(26-16)9-10-22-20(21-2)24-14-17-5-7-18(8-6-17)15-25-11-3-4-12-25/h5-8,13H,3-4,9-12,14-15H2,1-2H3,(H2,21,22,24). The van der Waals surface area contributed by atoms with E-state index in [-0.39, 0.29) is 0 Å². The molecule has 1 aromatic heterocycles. The predicted octanol–water partition coefficient (Wildman–Crippen LogP) is 2.96. The zero-order valence-corrected chi connectivity index (χ0v) is 16.6. The molecule has 26 heavy (non-hydrogen) atoms. The molecule has 2 N–H and O–H groups in total. The first-order valence-corrected chi connectivity index (χ1v) is 10.2. The molecule has 140 valence electrons. The summed E-state index contributed by atoms with van der Waals surface area (Å²) in [6.45, 7) is 7.26. The van der Waals surface area contributed by atoms with Crippen molar-refractivity contribution < 1.29 is 0 Å². The molecule has 2 aromatic rings. The molecule has 0 spiro atoms. The first-order valence-electron chi connectivity index (χ1n) is 9.39. The predicted molar refractivity (Wildman–Crippen MR) is 110 cm³/mol. The number of hydrogen-bond acceptors (Lipinski definition) is 4. The zero-order valence-electron chi connectivity index (χ0n) is 15.8. The topological polar surface area (TPSA) is 52.6 Å². The number of benzene rings is 1. The maximum Gasteiger partial charge on any atom is 0.191 e. The van der Waals surface area contributed by atoms with Crippen molar-refractivity contribution in [2.24, 2.45) is 4.99 Å². The molecule has 0 radical (unpaired) electrons. The number of rotatable bonds is 7. The summed E-state index contributed by atoms with van der Waals surface area (Å²) in [5.41, 5.74) is 2.67. The molecule has 0 amide bonds. The fraction of sp³-hybridized carbons (Fsp3) is 0.500. The van der Waals surface area contributed by atoms with Gasteiger partial charge in [0.05, 0.1) is 5.01 Å². The number of nitrogens with one attached hydrogen (secondary N) is 2. The molecule has 0 atom stereocenters. The molecule has 1 saturated heterocycles. The van der Waals surface area contributed by atoms with Gasteiger partial charge in [-0.25, -0.2) is 4.98 Å². The minimum atomic E-state index is 0.778. The molecule has 0 unspecified atom stereocenters. The number of aliphatic imine (C=N–C) groups is 1. The van der Waals surface area contributed by atoms with E-state index in [0.717, 1.165) is 32.0 Å². The molecule has 0 saturated carbocycles. The van der Waals surface area contributed by atoms with Crippen molar-refractivity contribution in [3.8, 4) is 0 Å². The second-order valence-corrected chi connectivity index (χ2v) is 8.09. The Hall–Kier alpha value is -1.92. The van der Waals surface area contributed by atoms with E-state index in [1.807, 2.05) is 13.2 Å². The number of aryl methyl sites for hydroxylation is 1. The third kappa shape index (κ3) is 5.81. The Labute approximate surface area is 160 Å². The zero-order chi connectivity index (χ0) is 18.2. The monoisotopic (exact) mass is 371 g/mol. The molecule has 3 rings (SSSR count). The maximum absolute atomic E-state index is 4.39. The van der Waals surface area contributed by atoms with E-state index < -0.39 is 0 Å². The molecule has 2 heterocycles. The van der Waals surface area contributed by atoms with Gasteiger partial charge in [-0.1, -0.05) is 24.3 Å². The van der Waals surface area contributed by atoms with Crippen LogP contribution in [0.25, 0.3) is 0 Å². The first kappa shape index (κ1) is 18.9. The number of hydrogen-bond donors (Lipinski definition) is 2. The average molecular weight is 372 g/mol. The van der Waals surface area contributed by atoms with Crippen LogP contribution in [-0.2, 0) is 19.5 Å². The van der Waals surface area contributed by atoms with E-state index in [1.54, 1.807) is 11.3 Å². The SMILES string of the molecule is CN=C(NCCc1ncc(C)s1)NCc1ccc(CN2CCCC2)cc1. The normalized spacial score (nSPS) is 15.4. The Morgan fingerprint density at radius 3 is 2.54 bits per heavy atom. The Morgan fingerprint density at radius 2 is 1.88 bits per heavy atom. The number of guanidine groups is 1. The van der Waals surface area contributed by atoms with Crippen LogP contribution in [0.2, 0.25) is 0 Å². The third-order valence-corrected chi connectivity index (χ3v) is 5.58. The highest BCUT2D eigenvalue weighted by molar-refractivity contribution is 7.11. The summed E-state index contributed by atoms with van der Waals surface area (Å²) >= 11 is 1.75. The second kappa shape index (κ2) is 9.69. The quantitative estimate of drug-likeness (QED) is 0.580. The van der Waals surface area contributed by atoms with E-state index in [0.29, 0.717) is 0 Å². The first-order chi connectivity index (χ1) is 12.7. The van der Waals surface area contributed by atoms with Crippen molar-refractivity contribution in [3.05, 3.63) is 51.5 Å². The van der Waals surface area contributed by atoms with Gasteiger partial charge in [0.15, 0.2) is 5.96 Å². The van der Waals surface area contributed by atoms with Crippen LogP contribution >= 0.6 is 11.3 Å². The van der Waals surface area contributed by atoms with Gasteiger partial charge in [-0.2, -0.15) is 0 Å². The van der Waals surface area contributed by atoms with Crippen molar-refractivity contribution in [2.75, 3.05) is 26.7 Å². The van der Waals surface area contributed by atoms with Crippen LogP contribution < -0.4 is 10.6 Å².